The zero-order valence-corrected chi connectivity index (χ0v) is 14.9. The second-order valence-electron chi connectivity index (χ2n) is 6.72. The van der Waals surface area contributed by atoms with Crippen LogP contribution in [0.5, 0.6) is 11.5 Å². The number of hydrogen-bond acceptors (Lipinski definition) is 4. The predicted molar refractivity (Wildman–Crippen MR) is 102 cm³/mol. The van der Waals surface area contributed by atoms with E-state index in [2.05, 4.69) is 5.32 Å². The molecule has 0 fully saturated rings. The van der Waals surface area contributed by atoms with E-state index in [0.29, 0.717) is 43.1 Å². The molecule has 1 aliphatic carbocycles. The maximum atomic E-state index is 12.4. The number of amides is 1. The van der Waals surface area contributed by atoms with Crippen molar-refractivity contribution in [3.8, 4) is 11.5 Å². The van der Waals surface area contributed by atoms with Gasteiger partial charge < -0.3 is 14.8 Å². The topological polar surface area (TPSA) is 64.6 Å². The fourth-order valence-electron chi connectivity index (χ4n) is 3.49. The highest BCUT2D eigenvalue weighted by Crippen LogP contribution is 2.33. The van der Waals surface area contributed by atoms with Gasteiger partial charge in [0.15, 0.2) is 17.3 Å². The summed E-state index contributed by atoms with van der Waals surface area (Å²) in [7, 11) is 0. The van der Waals surface area contributed by atoms with Crippen molar-refractivity contribution in [3.63, 3.8) is 0 Å². The Morgan fingerprint density at radius 2 is 1.74 bits per heavy atom. The van der Waals surface area contributed by atoms with E-state index in [4.69, 9.17) is 9.47 Å². The van der Waals surface area contributed by atoms with Gasteiger partial charge >= 0.3 is 0 Å². The molecule has 5 heteroatoms. The Morgan fingerprint density at radius 3 is 2.56 bits per heavy atom. The quantitative estimate of drug-likeness (QED) is 0.886. The molecular weight excluding hydrogens is 342 g/mol. The smallest absolute Gasteiger partial charge is 0.224 e. The Bertz CT molecular complexity index is 888. The highest BCUT2D eigenvalue weighted by atomic mass is 16.6. The van der Waals surface area contributed by atoms with Gasteiger partial charge in [0.25, 0.3) is 0 Å². The number of rotatable bonds is 5. The molecule has 0 bridgehead atoms. The van der Waals surface area contributed by atoms with Crippen molar-refractivity contribution in [3.05, 3.63) is 65.7 Å². The molecule has 2 aliphatic rings. The number of fused-ring (bicyclic) bond motifs is 1. The number of benzene rings is 2. The average Bonchev–Trinajstić information content (AvgIpc) is 3.07. The highest BCUT2D eigenvalue weighted by molar-refractivity contribution is 6.10. The third kappa shape index (κ3) is 3.87. The minimum absolute atomic E-state index is 0.0650. The zero-order valence-electron chi connectivity index (χ0n) is 14.9. The first-order valence-corrected chi connectivity index (χ1v) is 9.16. The molecule has 2 aromatic rings. The summed E-state index contributed by atoms with van der Waals surface area (Å²) in [6.45, 7) is 0.726. The molecule has 1 atom stereocenters. The lowest BCUT2D eigenvalue weighted by Crippen LogP contribution is -2.40. The van der Waals surface area contributed by atoms with Crippen LogP contribution in [0.25, 0.3) is 5.57 Å². The lowest BCUT2D eigenvalue weighted by Gasteiger charge is -2.26. The maximum absolute atomic E-state index is 12.4. The number of Topliss-reactive ketones (excluding diaryl/α,β-unsaturated/α-hetero) is 1. The third-order valence-electron chi connectivity index (χ3n) is 4.86. The predicted octanol–water partition coefficient (Wildman–Crippen LogP) is 3.15. The summed E-state index contributed by atoms with van der Waals surface area (Å²) in [4.78, 5) is 24.7. The van der Waals surface area contributed by atoms with Crippen LogP contribution >= 0.6 is 0 Å². The van der Waals surface area contributed by atoms with Gasteiger partial charge in [0, 0.05) is 12.0 Å². The zero-order chi connectivity index (χ0) is 18.6. The molecule has 4 rings (SSSR count). The Hall–Kier alpha value is -3.08. The summed E-state index contributed by atoms with van der Waals surface area (Å²) in [6.07, 6.45) is 1.03. The largest absolute Gasteiger partial charge is 0.486 e. The number of ketones is 1. The average molecular weight is 363 g/mol. The van der Waals surface area contributed by atoms with E-state index in [-0.39, 0.29) is 24.2 Å². The van der Waals surface area contributed by atoms with Gasteiger partial charge in [-0.3, -0.25) is 9.59 Å². The second kappa shape index (κ2) is 7.66. The van der Waals surface area contributed by atoms with E-state index in [9.17, 15) is 9.59 Å². The standard InChI is InChI=1S/C22H21NO4/c24-19-11-10-17(15-6-2-1-3-7-15)18(19)12-22(25)23-13-16-14-26-20-8-4-5-9-21(20)27-16/h1-9,16H,10-14H2,(H,23,25). The van der Waals surface area contributed by atoms with Gasteiger partial charge in [0.05, 0.1) is 13.0 Å². The van der Waals surface area contributed by atoms with Crippen LogP contribution in [0.15, 0.2) is 60.2 Å². The summed E-state index contributed by atoms with van der Waals surface area (Å²) < 4.78 is 11.5. The lowest BCUT2D eigenvalue weighted by molar-refractivity contribution is -0.122. The Kier molecular flexibility index (Phi) is 4.92. The van der Waals surface area contributed by atoms with Crippen molar-refractivity contribution in [2.24, 2.45) is 0 Å². The van der Waals surface area contributed by atoms with E-state index in [1.54, 1.807) is 0 Å². The molecule has 27 heavy (non-hydrogen) atoms. The van der Waals surface area contributed by atoms with Crippen LogP contribution < -0.4 is 14.8 Å². The van der Waals surface area contributed by atoms with Crippen molar-refractivity contribution < 1.29 is 19.1 Å². The molecule has 0 aromatic heterocycles. The van der Waals surface area contributed by atoms with E-state index in [0.717, 1.165) is 11.1 Å². The number of carbonyl (C=O) groups is 2. The molecule has 1 amide bonds. The van der Waals surface area contributed by atoms with Gasteiger partial charge in [-0.15, -0.1) is 0 Å². The molecule has 5 nitrogen and oxygen atoms in total. The Labute approximate surface area is 158 Å². The molecule has 1 unspecified atom stereocenters. The molecule has 1 aliphatic heterocycles. The summed E-state index contributed by atoms with van der Waals surface area (Å²) >= 11 is 0. The maximum Gasteiger partial charge on any atom is 0.224 e. The van der Waals surface area contributed by atoms with Crippen LogP contribution in [0.1, 0.15) is 24.8 Å². The third-order valence-corrected chi connectivity index (χ3v) is 4.86. The minimum atomic E-state index is -0.245. The van der Waals surface area contributed by atoms with E-state index < -0.39 is 0 Å². The molecule has 0 radical (unpaired) electrons. The van der Waals surface area contributed by atoms with Crippen LogP contribution in [-0.4, -0.2) is 30.9 Å². The summed E-state index contributed by atoms with van der Waals surface area (Å²) in [5.41, 5.74) is 2.64. The summed E-state index contributed by atoms with van der Waals surface area (Å²) in [5.74, 6) is 1.30. The van der Waals surface area contributed by atoms with Crippen LogP contribution in [0, 0.1) is 0 Å². The van der Waals surface area contributed by atoms with E-state index in [1.165, 1.54) is 0 Å². The molecule has 2 aromatic carbocycles. The molecule has 0 saturated heterocycles. The minimum Gasteiger partial charge on any atom is -0.486 e. The first kappa shape index (κ1) is 17.3. The van der Waals surface area contributed by atoms with Gasteiger partial charge in [-0.2, -0.15) is 0 Å². The number of para-hydroxylation sites is 2. The normalized spacial score (nSPS) is 18.5. The lowest BCUT2D eigenvalue weighted by atomic mass is 10.00. The first-order chi connectivity index (χ1) is 13.2. The van der Waals surface area contributed by atoms with Crippen molar-refractivity contribution >= 4 is 17.3 Å². The van der Waals surface area contributed by atoms with Crippen LogP contribution in [-0.2, 0) is 9.59 Å². The van der Waals surface area contributed by atoms with Gasteiger partial charge in [0.1, 0.15) is 12.7 Å². The Balaban J connectivity index is 1.37. The molecule has 1 N–H and O–H groups in total. The molecular formula is C22H21NO4. The van der Waals surface area contributed by atoms with Gasteiger partial charge in [-0.1, -0.05) is 42.5 Å². The highest BCUT2D eigenvalue weighted by Gasteiger charge is 2.26. The van der Waals surface area contributed by atoms with Crippen molar-refractivity contribution in [1.29, 1.82) is 0 Å². The van der Waals surface area contributed by atoms with Crippen LogP contribution in [0.3, 0.4) is 0 Å². The van der Waals surface area contributed by atoms with E-state index in [1.807, 2.05) is 54.6 Å². The van der Waals surface area contributed by atoms with Crippen LogP contribution in [0.4, 0.5) is 0 Å². The van der Waals surface area contributed by atoms with Gasteiger partial charge in [0.2, 0.25) is 5.91 Å². The Morgan fingerprint density at radius 1 is 1.00 bits per heavy atom. The molecule has 138 valence electrons. The number of carbonyl (C=O) groups excluding carboxylic acids is 2. The molecule has 0 saturated carbocycles. The first-order valence-electron chi connectivity index (χ1n) is 9.16. The van der Waals surface area contributed by atoms with Crippen molar-refractivity contribution in [2.75, 3.05) is 13.2 Å². The van der Waals surface area contributed by atoms with Crippen molar-refractivity contribution in [2.45, 2.75) is 25.4 Å². The van der Waals surface area contributed by atoms with Gasteiger partial charge in [-0.25, -0.2) is 0 Å². The fraction of sp³-hybridized carbons (Fsp3) is 0.273. The van der Waals surface area contributed by atoms with E-state index >= 15 is 0 Å². The number of hydrogen-bond donors (Lipinski definition) is 1. The number of nitrogens with one attached hydrogen (secondary N) is 1. The van der Waals surface area contributed by atoms with Gasteiger partial charge in [-0.05, 0) is 29.7 Å². The molecule has 0 spiro atoms. The van der Waals surface area contributed by atoms with Crippen LogP contribution in [0.2, 0.25) is 0 Å². The number of allylic oxidation sites excluding steroid dienone is 1. The summed E-state index contributed by atoms with van der Waals surface area (Å²) in [6, 6.07) is 17.3. The second-order valence-corrected chi connectivity index (χ2v) is 6.72. The summed E-state index contributed by atoms with van der Waals surface area (Å²) in [5, 5.41) is 2.87. The fourth-order valence-corrected chi connectivity index (χ4v) is 3.49. The van der Waals surface area contributed by atoms with Crippen molar-refractivity contribution in [1.82, 2.24) is 5.32 Å². The monoisotopic (exact) mass is 363 g/mol. The SMILES string of the molecule is O=C(CC1=C(c2ccccc2)CCC1=O)NCC1COc2ccccc2O1. The number of ether oxygens (including phenoxy) is 2. The molecule has 1 heterocycles.